The van der Waals surface area contributed by atoms with Crippen molar-refractivity contribution in [1.82, 2.24) is 14.5 Å². The van der Waals surface area contributed by atoms with Gasteiger partial charge in [-0.05, 0) is 47.5 Å². The van der Waals surface area contributed by atoms with E-state index in [2.05, 4.69) is 9.97 Å². The minimum absolute atomic E-state index is 0.0383. The summed E-state index contributed by atoms with van der Waals surface area (Å²) in [6.07, 6.45) is -1.57. The molecule has 0 saturated heterocycles. The first kappa shape index (κ1) is 26.0. The van der Waals surface area contributed by atoms with Gasteiger partial charge in [-0.3, -0.25) is 4.57 Å². The lowest BCUT2D eigenvalue weighted by molar-refractivity contribution is -0.141. The van der Waals surface area contributed by atoms with Gasteiger partial charge in [0.05, 0.1) is 20.6 Å². The Bertz CT molecular complexity index is 1780. The molecule has 0 saturated carbocycles. The standard InChI is InChI=1S/C26H16Cl2F3N3O3S/c1-38(35,36)17-6-4-5-15(11-17)16-9-10-22(20(28)12-16)34-13-21(25-33-23(14-37-25)26(29,30)31)32-24(34)18-7-2-3-8-19(18)27/h2-14H,1H3. The van der Waals surface area contributed by atoms with E-state index in [1.54, 1.807) is 65.2 Å². The molecule has 2 heterocycles. The largest absolute Gasteiger partial charge is 0.443 e. The Morgan fingerprint density at radius 3 is 2.29 bits per heavy atom. The maximum absolute atomic E-state index is 13.1. The quantitative estimate of drug-likeness (QED) is 0.215. The first-order chi connectivity index (χ1) is 17.9. The number of sulfone groups is 1. The fourth-order valence-corrected chi connectivity index (χ4v) is 4.97. The smallest absolute Gasteiger partial charge is 0.436 e. The molecule has 0 aliphatic rings. The normalized spacial score (nSPS) is 12.2. The van der Waals surface area contributed by atoms with E-state index >= 15 is 0 Å². The van der Waals surface area contributed by atoms with Crippen molar-refractivity contribution in [1.29, 1.82) is 0 Å². The molecule has 5 rings (SSSR count). The third-order valence-corrected chi connectivity index (χ3v) is 7.38. The number of oxazole rings is 1. The highest BCUT2D eigenvalue weighted by Crippen LogP contribution is 2.37. The third kappa shape index (κ3) is 5.07. The fourth-order valence-electron chi connectivity index (χ4n) is 3.81. The van der Waals surface area contributed by atoms with Crippen LogP contribution in [0.5, 0.6) is 0 Å². The van der Waals surface area contributed by atoms with Crippen LogP contribution >= 0.6 is 23.2 Å². The van der Waals surface area contributed by atoms with Gasteiger partial charge >= 0.3 is 6.18 Å². The van der Waals surface area contributed by atoms with Crippen molar-refractivity contribution >= 4 is 33.0 Å². The van der Waals surface area contributed by atoms with Gasteiger partial charge in [0.2, 0.25) is 5.89 Å². The Hall–Kier alpha value is -3.60. The molecule has 0 aliphatic heterocycles. The number of alkyl halides is 3. The van der Waals surface area contributed by atoms with Gasteiger partial charge in [0.15, 0.2) is 15.5 Å². The molecule has 0 atom stereocenters. The van der Waals surface area contributed by atoms with Crippen molar-refractivity contribution < 1.29 is 26.0 Å². The number of imidazole rings is 1. The Morgan fingerprint density at radius 1 is 0.895 bits per heavy atom. The molecule has 5 aromatic rings. The maximum atomic E-state index is 13.1. The zero-order chi connectivity index (χ0) is 27.2. The molecule has 12 heteroatoms. The molecule has 38 heavy (non-hydrogen) atoms. The summed E-state index contributed by atoms with van der Waals surface area (Å²) in [5, 5.41) is 0.632. The fraction of sp³-hybridized carbons (Fsp3) is 0.0769. The topological polar surface area (TPSA) is 78.0 Å². The molecule has 0 amide bonds. The summed E-state index contributed by atoms with van der Waals surface area (Å²) in [6, 6.07) is 18.4. The number of nitrogens with zero attached hydrogens (tertiary/aromatic N) is 3. The molecule has 0 unspecified atom stereocenters. The predicted molar refractivity (Wildman–Crippen MR) is 138 cm³/mol. The summed E-state index contributed by atoms with van der Waals surface area (Å²) in [5.41, 5.74) is 1.11. The van der Waals surface area contributed by atoms with Gasteiger partial charge in [-0.25, -0.2) is 18.4 Å². The average Bonchev–Trinajstić information content (AvgIpc) is 3.52. The van der Waals surface area contributed by atoms with E-state index in [-0.39, 0.29) is 21.5 Å². The summed E-state index contributed by atoms with van der Waals surface area (Å²) >= 11 is 13.1. The number of aromatic nitrogens is 3. The van der Waals surface area contributed by atoms with Gasteiger partial charge in [-0.15, -0.1) is 0 Å². The summed E-state index contributed by atoms with van der Waals surface area (Å²) in [6.45, 7) is 0. The molecule has 194 valence electrons. The minimum atomic E-state index is -4.68. The first-order valence-electron chi connectivity index (χ1n) is 10.9. The lowest BCUT2D eigenvalue weighted by Gasteiger charge is -2.12. The van der Waals surface area contributed by atoms with Crippen molar-refractivity contribution in [2.75, 3.05) is 6.26 Å². The van der Waals surface area contributed by atoms with Crippen molar-refractivity contribution in [3.8, 4) is 39.8 Å². The van der Waals surface area contributed by atoms with Crippen LogP contribution < -0.4 is 0 Å². The molecule has 2 aromatic heterocycles. The zero-order valence-electron chi connectivity index (χ0n) is 19.4. The van der Waals surface area contributed by atoms with Gasteiger partial charge in [-0.1, -0.05) is 53.5 Å². The van der Waals surface area contributed by atoms with Crippen LogP contribution in [0.1, 0.15) is 5.69 Å². The van der Waals surface area contributed by atoms with Crippen molar-refractivity contribution in [2.24, 2.45) is 0 Å². The SMILES string of the molecule is CS(=O)(=O)c1cccc(-c2ccc(-n3cc(-c4nc(C(F)(F)F)co4)nc3-c3ccccc3Cl)c(Cl)c2)c1. The van der Waals surface area contributed by atoms with Crippen LogP contribution in [0.3, 0.4) is 0 Å². The Labute approximate surface area is 225 Å². The summed E-state index contributed by atoms with van der Waals surface area (Å²) in [7, 11) is -3.41. The Balaban J connectivity index is 1.64. The second kappa shape index (κ2) is 9.61. The second-order valence-electron chi connectivity index (χ2n) is 8.30. The van der Waals surface area contributed by atoms with E-state index < -0.39 is 21.7 Å². The van der Waals surface area contributed by atoms with Gasteiger partial charge < -0.3 is 4.42 Å². The van der Waals surface area contributed by atoms with E-state index in [0.717, 1.165) is 6.26 Å². The van der Waals surface area contributed by atoms with Crippen LogP contribution in [0.4, 0.5) is 13.2 Å². The van der Waals surface area contributed by atoms with Crippen molar-refractivity contribution in [3.05, 3.63) is 94.9 Å². The van der Waals surface area contributed by atoms with Crippen LogP contribution in [0.15, 0.2) is 88.5 Å². The Kier molecular flexibility index (Phi) is 6.58. The minimum Gasteiger partial charge on any atom is -0.443 e. The molecule has 0 spiro atoms. The maximum Gasteiger partial charge on any atom is 0.436 e. The summed E-state index contributed by atoms with van der Waals surface area (Å²) in [5.74, 6) is -0.0270. The number of hydrogen-bond acceptors (Lipinski definition) is 5. The first-order valence-corrected chi connectivity index (χ1v) is 13.5. The van der Waals surface area contributed by atoms with E-state index in [0.29, 0.717) is 39.5 Å². The zero-order valence-corrected chi connectivity index (χ0v) is 21.7. The van der Waals surface area contributed by atoms with Gasteiger partial charge in [-0.2, -0.15) is 13.2 Å². The lowest BCUT2D eigenvalue weighted by atomic mass is 10.1. The van der Waals surface area contributed by atoms with Crippen LogP contribution in [-0.2, 0) is 16.0 Å². The van der Waals surface area contributed by atoms with E-state index in [1.165, 1.54) is 12.3 Å². The molecule has 0 N–H and O–H groups in total. The molecular weight excluding hydrogens is 562 g/mol. The molecule has 0 aliphatic carbocycles. The van der Waals surface area contributed by atoms with E-state index in [1.807, 2.05) is 0 Å². The van der Waals surface area contributed by atoms with Crippen molar-refractivity contribution in [3.63, 3.8) is 0 Å². The predicted octanol–water partition coefficient (Wildman–Crippen LogP) is 7.59. The number of hydrogen-bond donors (Lipinski definition) is 0. The molecule has 0 fully saturated rings. The molecule has 6 nitrogen and oxygen atoms in total. The summed E-state index contributed by atoms with van der Waals surface area (Å²) in [4.78, 5) is 8.18. The molecule has 0 radical (unpaired) electrons. The van der Waals surface area contributed by atoms with Crippen LogP contribution in [0, 0.1) is 0 Å². The number of rotatable bonds is 5. The monoisotopic (exact) mass is 577 g/mol. The molecule has 0 bridgehead atoms. The number of halogens is 5. The third-order valence-electron chi connectivity index (χ3n) is 5.64. The highest BCUT2D eigenvalue weighted by Gasteiger charge is 2.35. The van der Waals surface area contributed by atoms with E-state index in [4.69, 9.17) is 27.6 Å². The van der Waals surface area contributed by atoms with Crippen LogP contribution in [-0.4, -0.2) is 29.2 Å². The van der Waals surface area contributed by atoms with Gasteiger partial charge in [0.25, 0.3) is 0 Å². The second-order valence-corrected chi connectivity index (χ2v) is 11.1. The highest BCUT2D eigenvalue weighted by atomic mass is 35.5. The van der Waals surface area contributed by atoms with Crippen molar-refractivity contribution in [2.45, 2.75) is 11.1 Å². The summed E-state index contributed by atoms with van der Waals surface area (Å²) < 4.78 is 69.9. The molecule has 3 aromatic carbocycles. The molecular formula is C26H16Cl2F3N3O3S. The van der Waals surface area contributed by atoms with Crippen LogP contribution in [0.25, 0.3) is 39.8 Å². The highest BCUT2D eigenvalue weighted by molar-refractivity contribution is 7.90. The van der Waals surface area contributed by atoms with Gasteiger partial charge in [0.1, 0.15) is 17.8 Å². The Morgan fingerprint density at radius 2 is 1.63 bits per heavy atom. The van der Waals surface area contributed by atoms with E-state index in [9.17, 15) is 21.6 Å². The average molecular weight is 578 g/mol. The van der Waals surface area contributed by atoms with Crippen LogP contribution in [0.2, 0.25) is 10.0 Å². The van der Waals surface area contributed by atoms with Gasteiger partial charge in [0, 0.05) is 18.0 Å². The lowest BCUT2D eigenvalue weighted by Crippen LogP contribution is -2.04. The number of benzene rings is 3.